The number of anilines is 1. The highest BCUT2D eigenvalue weighted by molar-refractivity contribution is 5.96. The molecule has 0 atom stereocenters. The zero-order chi connectivity index (χ0) is 11.5. The molecule has 1 saturated carbocycles. The molecule has 5 N–H and O–H groups in total. The Balaban J connectivity index is 2.21. The molecule has 1 aliphatic rings. The number of nitrogen functional groups attached to an aromatic ring is 2. The van der Waals surface area contributed by atoms with Crippen LogP contribution < -0.4 is 17.0 Å². The number of aromatic nitrogens is 2. The number of imidazole rings is 1. The van der Waals surface area contributed by atoms with Crippen LogP contribution in [0.5, 0.6) is 0 Å². The molecule has 0 spiro atoms. The third-order valence-electron chi connectivity index (χ3n) is 3.15. The number of nitrogens with one attached hydrogen (secondary N) is 1. The first-order chi connectivity index (χ1) is 7.74. The van der Waals surface area contributed by atoms with Crippen molar-refractivity contribution in [1.29, 1.82) is 0 Å². The van der Waals surface area contributed by atoms with E-state index < -0.39 is 5.91 Å². The fraction of sp³-hybridized carbons (Fsp3) is 0.600. The molecule has 0 aliphatic heterocycles. The molecule has 0 bridgehead atoms. The van der Waals surface area contributed by atoms with E-state index in [1.54, 1.807) is 6.33 Å². The summed E-state index contributed by atoms with van der Waals surface area (Å²) in [6.45, 7) is 0. The average molecular weight is 223 g/mol. The van der Waals surface area contributed by atoms with Gasteiger partial charge < -0.3 is 10.3 Å². The van der Waals surface area contributed by atoms with Crippen molar-refractivity contribution in [2.24, 2.45) is 5.84 Å². The van der Waals surface area contributed by atoms with Gasteiger partial charge in [0.2, 0.25) is 0 Å². The Labute approximate surface area is 94.0 Å². The fourth-order valence-corrected chi connectivity index (χ4v) is 2.26. The van der Waals surface area contributed by atoms with Crippen LogP contribution in [0, 0.1) is 0 Å². The van der Waals surface area contributed by atoms with Crippen LogP contribution >= 0.6 is 0 Å². The van der Waals surface area contributed by atoms with E-state index in [-0.39, 0.29) is 5.69 Å². The van der Waals surface area contributed by atoms with E-state index in [9.17, 15) is 4.79 Å². The van der Waals surface area contributed by atoms with E-state index in [1.807, 2.05) is 9.99 Å². The Bertz CT molecular complexity index is 381. The van der Waals surface area contributed by atoms with Crippen LogP contribution in [0.4, 0.5) is 5.82 Å². The molecule has 0 aromatic carbocycles. The summed E-state index contributed by atoms with van der Waals surface area (Å²) in [6, 6.07) is 0.376. The second kappa shape index (κ2) is 4.52. The van der Waals surface area contributed by atoms with Gasteiger partial charge in [0.15, 0.2) is 5.69 Å². The number of nitrogens with zero attached hydrogens (tertiary/aromatic N) is 2. The van der Waals surface area contributed by atoms with Crippen molar-refractivity contribution in [2.75, 3.05) is 5.73 Å². The summed E-state index contributed by atoms with van der Waals surface area (Å²) in [4.78, 5) is 15.3. The molecule has 0 unspecified atom stereocenters. The maximum Gasteiger partial charge on any atom is 0.287 e. The lowest BCUT2D eigenvalue weighted by Gasteiger charge is -2.23. The Morgan fingerprint density at radius 2 is 2.12 bits per heavy atom. The zero-order valence-corrected chi connectivity index (χ0v) is 9.15. The molecule has 16 heavy (non-hydrogen) atoms. The van der Waals surface area contributed by atoms with Crippen molar-refractivity contribution in [3.63, 3.8) is 0 Å². The number of carbonyl (C=O) groups is 1. The van der Waals surface area contributed by atoms with Crippen LogP contribution in [-0.2, 0) is 0 Å². The van der Waals surface area contributed by atoms with E-state index in [0.29, 0.717) is 11.9 Å². The van der Waals surface area contributed by atoms with E-state index >= 15 is 0 Å². The molecule has 2 rings (SSSR count). The number of nitrogens with two attached hydrogens (primary N) is 2. The van der Waals surface area contributed by atoms with Gasteiger partial charge in [0.25, 0.3) is 5.91 Å². The quantitative estimate of drug-likeness (QED) is 0.388. The lowest BCUT2D eigenvalue weighted by molar-refractivity contribution is 0.0950. The monoisotopic (exact) mass is 223 g/mol. The minimum Gasteiger partial charge on any atom is -0.383 e. The number of hydrogen-bond donors (Lipinski definition) is 3. The third-order valence-corrected chi connectivity index (χ3v) is 3.15. The van der Waals surface area contributed by atoms with Crippen molar-refractivity contribution in [3.8, 4) is 0 Å². The summed E-state index contributed by atoms with van der Waals surface area (Å²) in [6.07, 6.45) is 7.53. The lowest BCUT2D eigenvalue weighted by Crippen LogP contribution is -2.31. The summed E-state index contributed by atoms with van der Waals surface area (Å²) in [5, 5.41) is 0. The Morgan fingerprint density at radius 3 is 2.75 bits per heavy atom. The molecule has 0 radical (unpaired) electrons. The van der Waals surface area contributed by atoms with Crippen molar-refractivity contribution in [3.05, 3.63) is 12.0 Å². The summed E-state index contributed by atoms with van der Waals surface area (Å²) in [5.74, 6) is 5.03. The van der Waals surface area contributed by atoms with E-state index in [1.165, 1.54) is 19.3 Å². The first kappa shape index (κ1) is 10.9. The number of hydrogen-bond acceptors (Lipinski definition) is 4. The molecule has 1 aromatic rings. The van der Waals surface area contributed by atoms with E-state index in [4.69, 9.17) is 11.6 Å². The Hall–Kier alpha value is -1.56. The standard InChI is InChI=1S/C10H17N5O/c11-9-8(10(16)14-12)13-6-15(9)7-4-2-1-3-5-7/h6-7H,1-5,11-12H2,(H,14,16). The summed E-state index contributed by atoms with van der Waals surface area (Å²) >= 11 is 0. The van der Waals surface area contributed by atoms with Gasteiger partial charge in [-0.15, -0.1) is 0 Å². The minimum absolute atomic E-state index is 0.216. The van der Waals surface area contributed by atoms with Gasteiger partial charge in [-0.3, -0.25) is 10.2 Å². The molecule has 6 nitrogen and oxygen atoms in total. The molecule has 88 valence electrons. The Kier molecular flexibility index (Phi) is 3.09. The highest BCUT2D eigenvalue weighted by Crippen LogP contribution is 2.30. The highest BCUT2D eigenvalue weighted by Gasteiger charge is 2.21. The SMILES string of the molecule is NNC(=O)c1ncn(C2CCCCC2)c1N. The second-order valence-electron chi connectivity index (χ2n) is 4.15. The minimum atomic E-state index is -0.438. The predicted molar refractivity (Wildman–Crippen MR) is 60.4 cm³/mol. The van der Waals surface area contributed by atoms with E-state index in [0.717, 1.165) is 12.8 Å². The fourth-order valence-electron chi connectivity index (χ4n) is 2.26. The molecule has 1 heterocycles. The molecule has 1 aromatic heterocycles. The summed E-state index contributed by atoms with van der Waals surface area (Å²) < 4.78 is 1.89. The molecule has 1 aliphatic carbocycles. The lowest BCUT2D eigenvalue weighted by atomic mass is 9.95. The second-order valence-corrected chi connectivity index (χ2v) is 4.15. The number of rotatable bonds is 2. The molecular formula is C10H17N5O. The van der Waals surface area contributed by atoms with Crippen LogP contribution in [0.15, 0.2) is 6.33 Å². The largest absolute Gasteiger partial charge is 0.383 e. The molecule has 1 fully saturated rings. The molecule has 1 amide bonds. The van der Waals surface area contributed by atoms with Gasteiger partial charge in [-0.25, -0.2) is 10.8 Å². The molecule has 6 heteroatoms. The van der Waals surface area contributed by atoms with Gasteiger partial charge in [-0.05, 0) is 12.8 Å². The number of amides is 1. The molecular weight excluding hydrogens is 206 g/mol. The molecule has 0 saturated heterocycles. The van der Waals surface area contributed by atoms with Gasteiger partial charge >= 0.3 is 0 Å². The first-order valence-corrected chi connectivity index (χ1v) is 5.57. The smallest absolute Gasteiger partial charge is 0.287 e. The highest BCUT2D eigenvalue weighted by atomic mass is 16.2. The van der Waals surface area contributed by atoms with Gasteiger partial charge in [0.1, 0.15) is 5.82 Å². The maximum absolute atomic E-state index is 11.3. The van der Waals surface area contributed by atoms with Crippen LogP contribution in [0.1, 0.15) is 48.6 Å². The first-order valence-electron chi connectivity index (χ1n) is 5.57. The van der Waals surface area contributed by atoms with Crippen LogP contribution in [0.2, 0.25) is 0 Å². The van der Waals surface area contributed by atoms with Crippen LogP contribution in [-0.4, -0.2) is 15.5 Å². The van der Waals surface area contributed by atoms with Crippen molar-refractivity contribution < 1.29 is 4.79 Å². The van der Waals surface area contributed by atoms with Gasteiger partial charge in [0, 0.05) is 6.04 Å². The maximum atomic E-state index is 11.3. The topological polar surface area (TPSA) is 99.0 Å². The third kappa shape index (κ3) is 1.88. The van der Waals surface area contributed by atoms with Gasteiger partial charge in [-0.2, -0.15) is 0 Å². The predicted octanol–water partition coefficient (Wildman–Crippen LogP) is 0.574. The van der Waals surface area contributed by atoms with Crippen molar-refractivity contribution in [1.82, 2.24) is 15.0 Å². The summed E-state index contributed by atoms with van der Waals surface area (Å²) in [5.41, 5.74) is 8.15. The van der Waals surface area contributed by atoms with Crippen LogP contribution in [0.3, 0.4) is 0 Å². The normalized spacial score (nSPS) is 17.3. The van der Waals surface area contributed by atoms with Gasteiger partial charge in [-0.1, -0.05) is 19.3 Å². The number of carbonyl (C=O) groups excluding carboxylic acids is 1. The zero-order valence-electron chi connectivity index (χ0n) is 9.15. The van der Waals surface area contributed by atoms with Crippen molar-refractivity contribution in [2.45, 2.75) is 38.1 Å². The average Bonchev–Trinajstić information content (AvgIpc) is 2.71. The Morgan fingerprint density at radius 1 is 1.44 bits per heavy atom. The number of hydrazine groups is 1. The van der Waals surface area contributed by atoms with E-state index in [2.05, 4.69) is 4.98 Å². The van der Waals surface area contributed by atoms with Gasteiger partial charge in [0.05, 0.1) is 6.33 Å². The summed E-state index contributed by atoms with van der Waals surface area (Å²) in [7, 11) is 0. The van der Waals surface area contributed by atoms with Crippen molar-refractivity contribution >= 4 is 11.7 Å². The van der Waals surface area contributed by atoms with Crippen LogP contribution in [0.25, 0.3) is 0 Å².